The van der Waals surface area contributed by atoms with Gasteiger partial charge in [0.2, 0.25) is 5.91 Å². The molecule has 1 saturated heterocycles. The molecule has 1 heterocycles. The average molecular weight is 489 g/mol. The standard InChI is InChI=1S/C27H28N4O3S/c1-30(2)23-13-11-22(12-14-23)28-26(33)31(3)17-19-5-4-6-21(15-19)20-9-7-18(8-10-20)16-24-25(32)29-27(34)35-24/h4-15,24H,16-17H2,1-3H3,(H,28,33)(H,29,32,34). The number of imide groups is 1. The van der Waals surface area contributed by atoms with Crippen LogP contribution < -0.4 is 15.5 Å². The second kappa shape index (κ2) is 10.7. The van der Waals surface area contributed by atoms with Gasteiger partial charge in [-0.3, -0.25) is 14.9 Å². The molecular formula is C27H28N4O3S. The second-order valence-electron chi connectivity index (χ2n) is 8.71. The number of nitrogens with one attached hydrogen (secondary N) is 2. The van der Waals surface area contributed by atoms with Gasteiger partial charge in [0.25, 0.3) is 5.24 Å². The Morgan fingerprint density at radius 2 is 1.63 bits per heavy atom. The highest BCUT2D eigenvalue weighted by atomic mass is 32.2. The maximum Gasteiger partial charge on any atom is 0.321 e. The summed E-state index contributed by atoms with van der Waals surface area (Å²) in [4.78, 5) is 39.5. The molecular weight excluding hydrogens is 460 g/mol. The number of hydrogen-bond donors (Lipinski definition) is 2. The Balaban J connectivity index is 1.37. The van der Waals surface area contributed by atoms with E-state index in [1.54, 1.807) is 11.9 Å². The predicted molar refractivity (Wildman–Crippen MR) is 142 cm³/mol. The number of nitrogens with zero attached hydrogens (tertiary/aromatic N) is 2. The predicted octanol–water partition coefficient (Wildman–Crippen LogP) is 4.98. The molecule has 0 saturated carbocycles. The molecule has 1 aliphatic heterocycles. The Kier molecular flexibility index (Phi) is 7.41. The van der Waals surface area contributed by atoms with Gasteiger partial charge in [-0.15, -0.1) is 0 Å². The summed E-state index contributed by atoms with van der Waals surface area (Å²) in [6.07, 6.45) is 0.514. The van der Waals surface area contributed by atoms with Crippen LogP contribution in [-0.4, -0.2) is 48.5 Å². The molecule has 1 aliphatic rings. The average Bonchev–Trinajstić information content (AvgIpc) is 3.16. The van der Waals surface area contributed by atoms with E-state index in [-0.39, 0.29) is 22.4 Å². The van der Waals surface area contributed by atoms with Crippen LogP contribution in [0.1, 0.15) is 11.1 Å². The lowest BCUT2D eigenvalue weighted by Gasteiger charge is -2.19. The molecule has 0 radical (unpaired) electrons. The summed E-state index contributed by atoms with van der Waals surface area (Å²) in [5.41, 5.74) is 5.93. The van der Waals surface area contributed by atoms with Crippen molar-refractivity contribution in [3.05, 3.63) is 83.9 Å². The molecule has 0 aromatic heterocycles. The van der Waals surface area contributed by atoms with Gasteiger partial charge in [0, 0.05) is 39.1 Å². The van der Waals surface area contributed by atoms with E-state index in [1.807, 2.05) is 85.7 Å². The first-order valence-electron chi connectivity index (χ1n) is 11.3. The number of amides is 4. The molecule has 1 atom stereocenters. The van der Waals surface area contributed by atoms with Crippen molar-refractivity contribution < 1.29 is 14.4 Å². The Morgan fingerprint density at radius 3 is 2.26 bits per heavy atom. The van der Waals surface area contributed by atoms with Crippen LogP contribution in [0.25, 0.3) is 11.1 Å². The van der Waals surface area contributed by atoms with Crippen LogP contribution >= 0.6 is 11.8 Å². The molecule has 0 aliphatic carbocycles. The maximum absolute atomic E-state index is 12.7. The van der Waals surface area contributed by atoms with Crippen molar-refractivity contribution in [2.24, 2.45) is 0 Å². The molecule has 0 bridgehead atoms. The number of urea groups is 1. The molecule has 1 unspecified atom stereocenters. The molecule has 1 fully saturated rings. The van der Waals surface area contributed by atoms with Gasteiger partial charge in [0.1, 0.15) is 0 Å². The van der Waals surface area contributed by atoms with E-state index in [1.165, 1.54) is 0 Å². The van der Waals surface area contributed by atoms with Gasteiger partial charge in [0.15, 0.2) is 0 Å². The van der Waals surface area contributed by atoms with Gasteiger partial charge in [-0.25, -0.2) is 4.79 Å². The second-order valence-corrected chi connectivity index (χ2v) is 9.89. The lowest BCUT2D eigenvalue weighted by molar-refractivity contribution is -0.118. The quantitative estimate of drug-likeness (QED) is 0.490. The Hall–Kier alpha value is -3.78. The third kappa shape index (κ3) is 6.22. The maximum atomic E-state index is 12.7. The van der Waals surface area contributed by atoms with Crippen LogP contribution in [0, 0.1) is 0 Å². The number of rotatable bonds is 7. The monoisotopic (exact) mass is 488 g/mol. The zero-order valence-corrected chi connectivity index (χ0v) is 20.8. The van der Waals surface area contributed by atoms with E-state index in [0.29, 0.717) is 13.0 Å². The Morgan fingerprint density at radius 1 is 0.914 bits per heavy atom. The van der Waals surface area contributed by atoms with Crippen LogP contribution in [0.15, 0.2) is 72.8 Å². The fourth-order valence-electron chi connectivity index (χ4n) is 3.83. The van der Waals surface area contributed by atoms with E-state index in [4.69, 9.17) is 0 Å². The summed E-state index contributed by atoms with van der Waals surface area (Å²) in [5, 5.41) is 4.60. The van der Waals surface area contributed by atoms with Crippen molar-refractivity contribution in [2.45, 2.75) is 18.2 Å². The van der Waals surface area contributed by atoms with Gasteiger partial charge in [-0.2, -0.15) is 0 Å². The highest BCUT2D eigenvalue weighted by molar-refractivity contribution is 8.15. The van der Waals surface area contributed by atoms with Crippen molar-refractivity contribution in [1.29, 1.82) is 0 Å². The molecule has 4 amide bonds. The van der Waals surface area contributed by atoms with E-state index in [0.717, 1.165) is 45.4 Å². The van der Waals surface area contributed by atoms with Crippen LogP contribution in [-0.2, 0) is 17.8 Å². The van der Waals surface area contributed by atoms with E-state index < -0.39 is 0 Å². The zero-order chi connectivity index (χ0) is 24.9. The minimum atomic E-state index is -0.371. The molecule has 3 aromatic rings. The summed E-state index contributed by atoms with van der Waals surface area (Å²) in [5.74, 6) is -0.226. The summed E-state index contributed by atoms with van der Waals surface area (Å²) in [6, 6.07) is 23.6. The third-order valence-electron chi connectivity index (χ3n) is 5.80. The normalized spacial score (nSPS) is 15.0. The Bertz CT molecular complexity index is 1230. The smallest absolute Gasteiger partial charge is 0.321 e. The number of hydrogen-bond acceptors (Lipinski definition) is 5. The topological polar surface area (TPSA) is 81.8 Å². The molecule has 4 rings (SSSR count). The van der Waals surface area contributed by atoms with Crippen LogP contribution in [0.5, 0.6) is 0 Å². The molecule has 7 nitrogen and oxygen atoms in total. The first-order chi connectivity index (χ1) is 16.8. The minimum Gasteiger partial charge on any atom is -0.378 e. The van der Waals surface area contributed by atoms with E-state index in [9.17, 15) is 14.4 Å². The van der Waals surface area contributed by atoms with E-state index >= 15 is 0 Å². The highest BCUT2D eigenvalue weighted by Gasteiger charge is 2.31. The molecule has 2 N–H and O–H groups in total. The van der Waals surface area contributed by atoms with Gasteiger partial charge in [-0.1, -0.05) is 54.2 Å². The fraction of sp³-hybridized carbons (Fsp3) is 0.222. The number of carbonyl (C=O) groups excluding carboxylic acids is 3. The molecule has 8 heteroatoms. The summed E-state index contributed by atoms with van der Waals surface area (Å²) in [7, 11) is 5.72. The van der Waals surface area contributed by atoms with E-state index in [2.05, 4.69) is 16.7 Å². The molecule has 0 spiro atoms. The molecule has 180 valence electrons. The van der Waals surface area contributed by atoms with Crippen LogP contribution in [0.4, 0.5) is 21.0 Å². The van der Waals surface area contributed by atoms with Crippen molar-refractivity contribution in [3.63, 3.8) is 0 Å². The summed E-state index contributed by atoms with van der Waals surface area (Å²) in [6.45, 7) is 0.468. The zero-order valence-electron chi connectivity index (χ0n) is 19.9. The van der Waals surface area contributed by atoms with Gasteiger partial charge in [0.05, 0.1) is 5.25 Å². The molecule has 35 heavy (non-hydrogen) atoms. The van der Waals surface area contributed by atoms with Gasteiger partial charge < -0.3 is 15.1 Å². The number of thioether (sulfide) groups is 1. The Labute approximate surface area is 209 Å². The van der Waals surface area contributed by atoms with Crippen molar-refractivity contribution in [3.8, 4) is 11.1 Å². The summed E-state index contributed by atoms with van der Waals surface area (Å²) >= 11 is 1.04. The first kappa shape index (κ1) is 24.3. The third-order valence-corrected chi connectivity index (χ3v) is 6.79. The number of carbonyl (C=O) groups is 3. The highest BCUT2D eigenvalue weighted by Crippen LogP contribution is 2.26. The van der Waals surface area contributed by atoms with Crippen LogP contribution in [0.3, 0.4) is 0 Å². The van der Waals surface area contributed by atoms with Crippen LogP contribution in [0.2, 0.25) is 0 Å². The summed E-state index contributed by atoms with van der Waals surface area (Å²) < 4.78 is 0. The van der Waals surface area contributed by atoms with Gasteiger partial charge in [-0.05, 0) is 59.0 Å². The van der Waals surface area contributed by atoms with Crippen molar-refractivity contribution >= 4 is 40.3 Å². The SMILES string of the molecule is CN(Cc1cccc(-c2ccc(CC3SC(=O)NC3=O)cc2)c1)C(=O)Nc1ccc(N(C)C)cc1. The lowest BCUT2D eigenvalue weighted by atomic mass is 10.00. The van der Waals surface area contributed by atoms with Crippen molar-refractivity contribution in [1.82, 2.24) is 10.2 Å². The minimum absolute atomic E-state index is 0.176. The molecule has 3 aromatic carbocycles. The largest absolute Gasteiger partial charge is 0.378 e. The fourth-order valence-corrected chi connectivity index (χ4v) is 4.69. The van der Waals surface area contributed by atoms with Crippen molar-refractivity contribution in [2.75, 3.05) is 31.4 Å². The van der Waals surface area contributed by atoms with Gasteiger partial charge >= 0.3 is 6.03 Å². The first-order valence-corrected chi connectivity index (χ1v) is 12.2. The lowest BCUT2D eigenvalue weighted by Crippen LogP contribution is -2.30. The number of anilines is 2. The number of benzene rings is 3.